The van der Waals surface area contributed by atoms with Crippen LogP contribution in [0.4, 0.5) is 0 Å². The molecule has 1 saturated heterocycles. The van der Waals surface area contributed by atoms with Crippen molar-refractivity contribution in [3.63, 3.8) is 0 Å². The van der Waals surface area contributed by atoms with Gasteiger partial charge in [0.15, 0.2) is 5.11 Å². The van der Waals surface area contributed by atoms with Gasteiger partial charge in [0.1, 0.15) is 11.3 Å². The van der Waals surface area contributed by atoms with Crippen molar-refractivity contribution in [2.45, 2.75) is 27.2 Å². The van der Waals surface area contributed by atoms with Gasteiger partial charge >= 0.3 is 0 Å². The Kier molecular flexibility index (Phi) is 5.90. The standard InChI is InChI=1S/C22H22N2O3S/c1-4-27-19-12-15(11-18-20(25)23-22(28)24-21(18)26)5-6-17(19)10-16-8-13(2)7-14(3)9-16/h5-9,11-12H,4,10H2,1-3H3,(H2,23,24,25,26,28). The van der Waals surface area contributed by atoms with Crippen molar-refractivity contribution < 1.29 is 14.3 Å². The Balaban J connectivity index is 1.92. The van der Waals surface area contributed by atoms with Gasteiger partial charge in [-0.25, -0.2) is 0 Å². The zero-order valence-corrected chi connectivity index (χ0v) is 16.9. The van der Waals surface area contributed by atoms with E-state index in [0.717, 1.165) is 17.7 Å². The van der Waals surface area contributed by atoms with Crippen molar-refractivity contribution >= 4 is 35.2 Å². The van der Waals surface area contributed by atoms with E-state index in [0.29, 0.717) is 12.2 Å². The number of nitrogens with one attached hydrogen (secondary N) is 2. The van der Waals surface area contributed by atoms with E-state index in [-0.39, 0.29) is 10.7 Å². The molecule has 28 heavy (non-hydrogen) atoms. The molecule has 0 spiro atoms. The Morgan fingerprint density at radius 1 is 1.00 bits per heavy atom. The predicted octanol–water partition coefficient (Wildman–Crippen LogP) is 3.21. The van der Waals surface area contributed by atoms with E-state index in [4.69, 9.17) is 17.0 Å². The van der Waals surface area contributed by atoms with Gasteiger partial charge in [0.05, 0.1) is 6.61 Å². The van der Waals surface area contributed by atoms with Crippen LogP contribution in [0.5, 0.6) is 5.75 Å². The average molecular weight is 394 g/mol. The first kappa shape index (κ1) is 19.8. The fraction of sp³-hybridized carbons (Fsp3) is 0.227. The van der Waals surface area contributed by atoms with Gasteiger partial charge in [-0.15, -0.1) is 0 Å². The van der Waals surface area contributed by atoms with Gasteiger partial charge in [0.2, 0.25) is 0 Å². The Morgan fingerprint density at radius 3 is 2.25 bits per heavy atom. The monoisotopic (exact) mass is 394 g/mol. The molecule has 0 bridgehead atoms. The van der Waals surface area contributed by atoms with Crippen LogP contribution in [0.25, 0.3) is 6.08 Å². The van der Waals surface area contributed by atoms with Crippen LogP contribution in [0.1, 0.15) is 34.7 Å². The van der Waals surface area contributed by atoms with Crippen molar-refractivity contribution in [3.05, 3.63) is 69.8 Å². The largest absolute Gasteiger partial charge is 0.494 e. The van der Waals surface area contributed by atoms with Crippen LogP contribution in [0.2, 0.25) is 0 Å². The first-order valence-corrected chi connectivity index (χ1v) is 9.48. The molecular weight excluding hydrogens is 372 g/mol. The third-order valence-electron chi connectivity index (χ3n) is 4.32. The molecule has 6 heteroatoms. The van der Waals surface area contributed by atoms with Gasteiger partial charge in [-0.05, 0) is 61.8 Å². The van der Waals surface area contributed by atoms with Crippen LogP contribution in [0.3, 0.4) is 0 Å². The molecule has 1 aliphatic rings. The highest BCUT2D eigenvalue weighted by Gasteiger charge is 2.25. The van der Waals surface area contributed by atoms with E-state index < -0.39 is 11.8 Å². The molecule has 0 aromatic heterocycles. The molecule has 2 N–H and O–H groups in total. The van der Waals surface area contributed by atoms with E-state index >= 15 is 0 Å². The minimum absolute atomic E-state index is 0.0121. The highest BCUT2D eigenvalue weighted by Crippen LogP contribution is 2.26. The van der Waals surface area contributed by atoms with Gasteiger partial charge < -0.3 is 4.74 Å². The third-order valence-corrected chi connectivity index (χ3v) is 4.53. The summed E-state index contributed by atoms with van der Waals surface area (Å²) in [6, 6.07) is 12.2. The summed E-state index contributed by atoms with van der Waals surface area (Å²) in [4.78, 5) is 24.1. The predicted molar refractivity (Wildman–Crippen MR) is 113 cm³/mol. The number of benzene rings is 2. The second-order valence-corrected chi connectivity index (χ2v) is 7.18. The van der Waals surface area contributed by atoms with Crippen LogP contribution < -0.4 is 15.4 Å². The maximum atomic E-state index is 12.0. The molecular formula is C22H22N2O3S. The molecule has 2 amide bonds. The molecule has 144 valence electrons. The minimum Gasteiger partial charge on any atom is -0.494 e. The summed E-state index contributed by atoms with van der Waals surface area (Å²) >= 11 is 4.82. The number of carbonyl (C=O) groups excluding carboxylic acids is 2. The Hall–Kier alpha value is -2.99. The van der Waals surface area contributed by atoms with E-state index in [9.17, 15) is 9.59 Å². The lowest BCUT2D eigenvalue weighted by Crippen LogP contribution is -2.51. The van der Waals surface area contributed by atoms with Gasteiger partial charge in [-0.1, -0.05) is 41.5 Å². The van der Waals surface area contributed by atoms with E-state index in [1.807, 2.05) is 25.1 Å². The molecule has 5 nitrogen and oxygen atoms in total. The smallest absolute Gasteiger partial charge is 0.263 e. The molecule has 2 aromatic rings. The molecule has 0 unspecified atom stereocenters. The highest BCUT2D eigenvalue weighted by molar-refractivity contribution is 7.80. The minimum atomic E-state index is -0.508. The van der Waals surface area contributed by atoms with Gasteiger partial charge in [0, 0.05) is 6.42 Å². The highest BCUT2D eigenvalue weighted by atomic mass is 32.1. The molecule has 3 rings (SSSR count). The van der Waals surface area contributed by atoms with E-state index in [2.05, 4.69) is 42.7 Å². The summed E-state index contributed by atoms with van der Waals surface area (Å²) in [5, 5.41) is 4.89. The van der Waals surface area contributed by atoms with Gasteiger partial charge in [-0.2, -0.15) is 0 Å². The zero-order chi connectivity index (χ0) is 20.3. The van der Waals surface area contributed by atoms with Crippen molar-refractivity contribution in [2.24, 2.45) is 0 Å². The molecule has 0 aliphatic carbocycles. The van der Waals surface area contributed by atoms with Gasteiger partial charge in [0.25, 0.3) is 11.8 Å². The Morgan fingerprint density at radius 2 is 1.64 bits per heavy atom. The number of hydrogen-bond donors (Lipinski definition) is 2. The van der Waals surface area contributed by atoms with Crippen molar-refractivity contribution in [1.29, 1.82) is 0 Å². The average Bonchev–Trinajstić information content (AvgIpc) is 2.59. The summed E-state index contributed by atoms with van der Waals surface area (Å²) in [6.07, 6.45) is 2.28. The van der Waals surface area contributed by atoms with Crippen LogP contribution in [-0.4, -0.2) is 23.5 Å². The lowest BCUT2D eigenvalue weighted by molar-refractivity contribution is -0.123. The SMILES string of the molecule is CCOc1cc(C=C2C(=O)NC(=S)NC2=O)ccc1Cc1cc(C)cc(C)c1. The zero-order valence-electron chi connectivity index (χ0n) is 16.1. The quantitative estimate of drug-likeness (QED) is 0.464. The number of thiocarbonyl (C=S) groups is 1. The summed E-state index contributed by atoms with van der Waals surface area (Å²) in [5.41, 5.74) is 5.43. The van der Waals surface area contributed by atoms with Crippen molar-refractivity contribution in [1.82, 2.24) is 10.6 Å². The maximum Gasteiger partial charge on any atom is 0.263 e. The molecule has 1 heterocycles. The normalized spacial score (nSPS) is 13.8. The summed E-state index contributed by atoms with van der Waals surface area (Å²) in [5.74, 6) is -0.278. The fourth-order valence-corrected chi connectivity index (χ4v) is 3.45. The van der Waals surface area contributed by atoms with Crippen LogP contribution >= 0.6 is 12.2 Å². The lowest BCUT2D eigenvalue weighted by atomic mass is 9.98. The number of rotatable bonds is 5. The number of aryl methyl sites for hydroxylation is 2. The molecule has 1 fully saturated rings. The lowest BCUT2D eigenvalue weighted by Gasteiger charge is -2.17. The topological polar surface area (TPSA) is 67.4 Å². The van der Waals surface area contributed by atoms with Crippen LogP contribution in [0.15, 0.2) is 42.0 Å². The van der Waals surface area contributed by atoms with E-state index in [1.165, 1.54) is 22.8 Å². The number of carbonyl (C=O) groups is 2. The second kappa shape index (κ2) is 8.35. The molecule has 1 aliphatic heterocycles. The third kappa shape index (κ3) is 4.64. The Labute approximate surface area is 169 Å². The van der Waals surface area contributed by atoms with E-state index in [1.54, 1.807) is 0 Å². The number of amides is 2. The Bertz CT molecular complexity index is 953. The number of ether oxygens (including phenoxy) is 1. The number of hydrogen-bond acceptors (Lipinski definition) is 4. The van der Waals surface area contributed by atoms with Crippen molar-refractivity contribution in [2.75, 3.05) is 6.61 Å². The van der Waals surface area contributed by atoms with Gasteiger partial charge in [-0.3, -0.25) is 20.2 Å². The summed E-state index contributed by atoms with van der Waals surface area (Å²) in [7, 11) is 0. The van der Waals surface area contributed by atoms with Crippen LogP contribution in [-0.2, 0) is 16.0 Å². The summed E-state index contributed by atoms with van der Waals surface area (Å²) in [6.45, 7) is 6.62. The molecule has 0 radical (unpaired) electrons. The maximum absolute atomic E-state index is 12.0. The molecule has 0 atom stereocenters. The first-order chi connectivity index (χ1) is 13.4. The van der Waals surface area contributed by atoms with Crippen LogP contribution in [0, 0.1) is 13.8 Å². The fourth-order valence-electron chi connectivity index (χ4n) is 3.26. The van der Waals surface area contributed by atoms with Crippen molar-refractivity contribution in [3.8, 4) is 5.75 Å². The summed E-state index contributed by atoms with van der Waals surface area (Å²) < 4.78 is 5.82. The first-order valence-electron chi connectivity index (χ1n) is 9.07. The second-order valence-electron chi connectivity index (χ2n) is 6.77. The molecule has 2 aromatic carbocycles. The molecule has 0 saturated carbocycles.